The number of halogens is 1. The van der Waals surface area contributed by atoms with Crippen molar-refractivity contribution in [1.82, 2.24) is 19.6 Å². The minimum absolute atomic E-state index is 0. The van der Waals surface area contributed by atoms with Gasteiger partial charge in [0.15, 0.2) is 0 Å². The van der Waals surface area contributed by atoms with E-state index in [0.29, 0.717) is 12.1 Å². The summed E-state index contributed by atoms with van der Waals surface area (Å²) in [5.41, 5.74) is 3.57. The second kappa shape index (κ2) is 25.7. The average molecular weight is 1160 g/mol. The Hall–Kier alpha value is -1.54. The third-order valence-electron chi connectivity index (χ3n) is 7.39. The van der Waals surface area contributed by atoms with E-state index in [0.717, 1.165) is 9.39 Å². The van der Waals surface area contributed by atoms with E-state index in [2.05, 4.69) is 246 Å². The van der Waals surface area contributed by atoms with Crippen molar-refractivity contribution in [2.24, 2.45) is 0 Å². The third kappa shape index (κ3) is 15.8. The average Bonchev–Trinajstić information content (AvgIpc) is 3.67. The van der Waals surface area contributed by atoms with Gasteiger partial charge in [-0.05, 0) is 93.2 Å². The molecule has 0 spiro atoms. The molecule has 54 heavy (non-hydrogen) atoms. The first-order chi connectivity index (χ1) is 25.3. The van der Waals surface area contributed by atoms with Gasteiger partial charge in [0.2, 0.25) is 0 Å². The Kier molecular flexibility index (Phi) is 23.1. The molecule has 0 amide bonds. The summed E-state index contributed by atoms with van der Waals surface area (Å²) in [6.45, 7) is 10.7. The standard InChI is InChI=1S/C18H15P.C11H14N2.C10H11IN2.6CH3.Pd.2Sn/c1-4-10-16(11-5-1)19(17-12-6-2-7-13-17)18-14-8-3-9-15-18;1-8(2)13-11-7-5-4-6-10(11)9(3)12-13;1-7(2)13-9-6-4-3-5-8(9)10(11)12-13;;;;;;;;;/h1-15H;4-8H,1-3H3;3-7H,1-2H3;6*1H3;;;. The van der Waals surface area contributed by atoms with Crippen molar-refractivity contribution in [3.63, 3.8) is 0 Å². The van der Waals surface area contributed by atoms with E-state index in [4.69, 9.17) is 0 Å². The Balaban J connectivity index is 0.000000257. The van der Waals surface area contributed by atoms with E-state index in [1.54, 1.807) is 0 Å². The molecule has 0 N–H and O–H groups in total. The molecule has 0 saturated heterocycles. The van der Waals surface area contributed by atoms with E-state index in [9.17, 15) is 0 Å². The molecule has 0 saturated carbocycles. The van der Waals surface area contributed by atoms with Crippen LogP contribution >= 0.6 is 30.5 Å². The van der Waals surface area contributed by atoms with Crippen LogP contribution in [0.15, 0.2) is 140 Å². The molecule has 5 aromatic carbocycles. The van der Waals surface area contributed by atoms with Crippen LogP contribution in [0.2, 0.25) is 29.6 Å². The predicted octanol–water partition coefficient (Wildman–Crippen LogP) is 12.3. The Bertz CT molecular complexity index is 1860. The van der Waals surface area contributed by atoms with Gasteiger partial charge in [-0.15, -0.1) is 0 Å². The zero-order valence-electron chi connectivity index (χ0n) is 33.9. The quantitative estimate of drug-likeness (QED) is 0.0978. The summed E-state index contributed by atoms with van der Waals surface area (Å²) >= 11 is 1.19. The summed E-state index contributed by atoms with van der Waals surface area (Å²) < 4.78 is 5.23. The molecule has 288 valence electrons. The third-order valence-corrected chi connectivity index (χ3v) is 10.6. The van der Waals surface area contributed by atoms with Crippen LogP contribution in [-0.2, 0) is 20.4 Å². The fraction of sp³-hybridized carbons (Fsp3) is 0.289. The minimum atomic E-state index is -0.543. The molecule has 0 bridgehead atoms. The molecular formula is C45H58IN4PPdSn2. The summed E-state index contributed by atoms with van der Waals surface area (Å²) in [5.74, 6) is 0. The fourth-order valence-corrected chi connectivity index (χ4v) is 8.26. The fourth-order valence-electron chi connectivity index (χ4n) is 5.26. The van der Waals surface area contributed by atoms with Crippen molar-refractivity contribution in [2.75, 3.05) is 0 Å². The van der Waals surface area contributed by atoms with Crippen molar-refractivity contribution in [2.45, 2.75) is 76.3 Å². The minimum Gasteiger partial charge on any atom is -0.0622 e. The Morgan fingerprint density at radius 1 is 0.481 bits per heavy atom. The summed E-state index contributed by atoms with van der Waals surface area (Å²) in [7, 11) is -0.446. The predicted molar refractivity (Wildman–Crippen MR) is 250 cm³/mol. The van der Waals surface area contributed by atoms with Crippen molar-refractivity contribution in [3.8, 4) is 0 Å². The van der Waals surface area contributed by atoms with Crippen LogP contribution in [0.5, 0.6) is 0 Å². The first kappa shape index (κ1) is 48.6. The number of fused-ring (bicyclic) bond motifs is 2. The van der Waals surface area contributed by atoms with Gasteiger partial charge in [0, 0.05) is 43.3 Å². The second-order valence-corrected chi connectivity index (χ2v) is 34.7. The maximum atomic E-state index is 4.51. The van der Waals surface area contributed by atoms with Gasteiger partial charge in [-0.1, -0.05) is 127 Å². The first-order valence-corrected chi connectivity index (χ1v) is 37.9. The van der Waals surface area contributed by atoms with E-state index in [-0.39, 0.29) is 20.4 Å². The van der Waals surface area contributed by atoms with Crippen LogP contribution in [-0.4, -0.2) is 59.1 Å². The Morgan fingerprint density at radius 2 is 0.778 bits per heavy atom. The summed E-state index contributed by atoms with van der Waals surface area (Å²) in [5, 5.41) is 15.7. The summed E-state index contributed by atoms with van der Waals surface area (Å²) in [6, 6.07) is 49.9. The normalized spacial score (nSPS) is 10.5. The number of hydrogen-bond acceptors (Lipinski definition) is 2. The molecule has 0 aliphatic heterocycles. The van der Waals surface area contributed by atoms with Gasteiger partial charge in [-0.25, -0.2) is 0 Å². The molecule has 0 fully saturated rings. The molecule has 2 heterocycles. The number of para-hydroxylation sites is 2. The van der Waals surface area contributed by atoms with E-state index < -0.39 is 47.4 Å². The van der Waals surface area contributed by atoms with Crippen LogP contribution < -0.4 is 15.9 Å². The molecule has 0 unspecified atom stereocenters. The molecule has 0 aliphatic rings. The van der Waals surface area contributed by atoms with Gasteiger partial charge < -0.3 is 0 Å². The molecule has 9 heteroatoms. The number of benzene rings is 5. The summed E-state index contributed by atoms with van der Waals surface area (Å²) in [6.07, 6.45) is 0. The summed E-state index contributed by atoms with van der Waals surface area (Å²) in [4.78, 5) is 14.2. The topological polar surface area (TPSA) is 35.6 Å². The molecule has 4 nitrogen and oxygen atoms in total. The first-order valence-electron chi connectivity index (χ1n) is 18.4. The Labute approximate surface area is 369 Å². The van der Waals surface area contributed by atoms with Crippen molar-refractivity contribution < 1.29 is 20.4 Å². The Morgan fingerprint density at radius 3 is 1.15 bits per heavy atom. The van der Waals surface area contributed by atoms with Gasteiger partial charge in [-0.3, -0.25) is 9.36 Å². The van der Waals surface area contributed by atoms with Crippen LogP contribution in [0.4, 0.5) is 0 Å². The SMILES string of the molecule is CC(C)n1nc(I)c2ccccc21.Cc1nn(C(C)C)c2ccccc12.[CH3][Sn]([CH3])[CH3].[CH3][Sn]([CH3])[CH3].[Pd].c1ccc(P(c2ccccc2)c2ccccc2)cc1. The molecule has 0 aliphatic carbocycles. The van der Waals surface area contributed by atoms with Crippen molar-refractivity contribution in [1.29, 1.82) is 0 Å². The van der Waals surface area contributed by atoms with Gasteiger partial charge in [0.25, 0.3) is 0 Å². The zero-order chi connectivity index (χ0) is 38.9. The maximum Gasteiger partial charge on any atom is 0 e. The number of nitrogens with zero attached hydrogens (tertiary/aromatic N) is 4. The molecule has 2 aromatic heterocycles. The van der Waals surface area contributed by atoms with E-state index in [1.165, 1.54) is 37.7 Å². The molecular weight excluding hydrogens is 1100 g/mol. The zero-order valence-corrected chi connectivity index (χ0v) is 44.2. The molecule has 7 rings (SSSR count). The van der Waals surface area contributed by atoms with Crippen LogP contribution in [0.25, 0.3) is 21.8 Å². The number of rotatable bonds is 5. The number of aromatic nitrogens is 4. The maximum absolute atomic E-state index is 4.51. The smallest absolute Gasteiger partial charge is 0 e. The van der Waals surface area contributed by atoms with E-state index >= 15 is 0 Å². The van der Waals surface area contributed by atoms with Gasteiger partial charge in [0.05, 0.1) is 16.7 Å². The van der Waals surface area contributed by atoms with E-state index in [1.807, 2.05) is 0 Å². The number of hydrogen-bond donors (Lipinski definition) is 0. The van der Waals surface area contributed by atoms with Gasteiger partial charge in [0.1, 0.15) is 3.70 Å². The molecule has 2 radical (unpaired) electrons. The van der Waals surface area contributed by atoms with Gasteiger partial charge >= 0.3 is 69.2 Å². The molecule has 0 atom stereocenters. The van der Waals surface area contributed by atoms with Gasteiger partial charge in [-0.2, -0.15) is 10.2 Å². The second-order valence-electron chi connectivity index (χ2n) is 14.3. The molecule has 7 aromatic rings. The van der Waals surface area contributed by atoms with Crippen LogP contribution in [0, 0.1) is 10.6 Å². The van der Waals surface area contributed by atoms with Crippen LogP contribution in [0.3, 0.4) is 0 Å². The van der Waals surface area contributed by atoms with Crippen LogP contribution in [0.1, 0.15) is 45.5 Å². The monoisotopic (exact) mass is 1160 g/mol. The largest absolute Gasteiger partial charge is 0.0622 e. The van der Waals surface area contributed by atoms with Crippen molar-refractivity contribution >= 4 is 108 Å². The van der Waals surface area contributed by atoms with Crippen molar-refractivity contribution in [3.05, 3.63) is 149 Å². The number of aryl methyl sites for hydroxylation is 1.